The minimum Gasteiger partial charge on any atom is -0.399 e. The van der Waals surface area contributed by atoms with Gasteiger partial charge in [0.05, 0.1) is 5.02 Å². The molecule has 0 heterocycles. The first-order valence-electron chi connectivity index (χ1n) is 6.14. The van der Waals surface area contributed by atoms with Gasteiger partial charge in [-0.25, -0.2) is 0 Å². The summed E-state index contributed by atoms with van der Waals surface area (Å²) in [6.45, 7) is 0. The Kier molecular flexibility index (Phi) is 5.04. The maximum atomic E-state index is 11.9. The van der Waals surface area contributed by atoms with E-state index in [-0.39, 0.29) is 5.91 Å². The van der Waals surface area contributed by atoms with Crippen LogP contribution in [0, 0.1) is 0 Å². The number of benzene rings is 2. The molecular formula is C15H14BrClN2O. The molecule has 5 heteroatoms. The van der Waals surface area contributed by atoms with Gasteiger partial charge in [-0.2, -0.15) is 0 Å². The van der Waals surface area contributed by atoms with Gasteiger partial charge in [0.1, 0.15) is 0 Å². The molecule has 104 valence electrons. The van der Waals surface area contributed by atoms with Crippen molar-refractivity contribution in [3.8, 4) is 0 Å². The van der Waals surface area contributed by atoms with Crippen LogP contribution in [0.3, 0.4) is 0 Å². The van der Waals surface area contributed by atoms with Crippen molar-refractivity contribution in [3.05, 3.63) is 57.5 Å². The van der Waals surface area contributed by atoms with E-state index in [2.05, 4.69) is 21.2 Å². The van der Waals surface area contributed by atoms with Crippen molar-refractivity contribution in [2.45, 2.75) is 12.8 Å². The number of rotatable bonds is 4. The third-order valence-corrected chi connectivity index (χ3v) is 4.09. The highest BCUT2D eigenvalue weighted by Crippen LogP contribution is 2.25. The van der Waals surface area contributed by atoms with Gasteiger partial charge in [0.15, 0.2) is 0 Å². The second-order valence-corrected chi connectivity index (χ2v) is 5.64. The molecule has 0 aromatic heterocycles. The lowest BCUT2D eigenvalue weighted by Crippen LogP contribution is -2.12. The predicted octanol–water partition coefficient (Wildman–Crippen LogP) is 4.26. The number of nitrogens with two attached hydrogens (primary N) is 1. The van der Waals surface area contributed by atoms with Crippen molar-refractivity contribution in [2.24, 2.45) is 0 Å². The average molecular weight is 354 g/mol. The molecule has 0 radical (unpaired) electrons. The van der Waals surface area contributed by atoms with Gasteiger partial charge in [-0.15, -0.1) is 0 Å². The van der Waals surface area contributed by atoms with Crippen LogP contribution in [0.4, 0.5) is 11.4 Å². The molecule has 1 amide bonds. The average Bonchev–Trinajstić information content (AvgIpc) is 2.42. The normalized spacial score (nSPS) is 10.3. The molecule has 20 heavy (non-hydrogen) atoms. The van der Waals surface area contributed by atoms with Gasteiger partial charge in [0, 0.05) is 22.3 Å². The highest BCUT2D eigenvalue weighted by Gasteiger charge is 2.06. The SMILES string of the molecule is Nc1ccccc1CCC(=O)Nc1ccc(Cl)c(Br)c1. The van der Waals surface area contributed by atoms with E-state index in [1.54, 1.807) is 18.2 Å². The zero-order valence-corrected chi connectivity index (χ0v) is 13.0. The Bertz CT molecular complexity index is 631. The number of hydrogen-bond donors (Lipinski definition) is 2. The van der Waals surface area contributed by atoms with E-state index in [1.807, 2.05) is 24.3 Å². The summed E-state index contributed by atoms with van der Waals surface area (Å²) < 4.78 is 0.754. The Morgan fingerprint density at radius 3 is 2.70 bits per heavy atom. The Balaban J connectivity index is 1.93. The van der Waals surface area contributed by atoms with E-state index in [9.17, 15) is 4.79 Å². The maximum absolute atomic E-state index is 11.9. The molecule has 2 rings (SSSR count). The molecule has 0 aliphatic heterocycles. The smallest absolute Gasteiger partial charge is 0.224 e. The van der Waals surface area contributed by atoms with Crippen LogP contribution in [-0.4, -0.2) is 5.91 Å². The van der Waals surface area contributed by atoms with E-state index >= 15 is 0 Å². The fraction of sp³-hybridized carbons (Fsp3) is 0.133. The van der Waals surface area contributed by atoms with Gasteiger partial charge >= 0.3 is 0 Å². The van der Waals surface area contributed by atoms with Crippen LogP contribution in [0.25, 0.3) is 0 Å². The third-order valence-electron chi connectivity index (χ3n) is 2.88. The molecule has 0 unspecified atom stereocenters. The van der Waals surface area contributed by atoms with Crippen LogP contribution >= 0.6 is 27.5 Å². The molecule has 0 aliphatic carbocycles. The van der Waals surface area contributed by atoms with Crippen LogP contribution < -0.4 is 11.1 Å². The minimum absolute atomic E-state index is 0.0533. The van der Waals surface area contributed by atoms with Crippen molar-refractivity contribution in [1.29, 1.82) is 0 Å². The maximum Gasteiger partial charge on any atom is 0.224 e. The predicted molar refractivity (Wildman–Crippen MR) is 87.0 cm³/mol. The second-order valence-electron chi connectivity index (χ2n) is 4.38. The van der Waals surface area contributed by atoms with Crippen molar-refractivity contribution in [2.75, 3.05) is 11.1 Å². The first kappa shape index (κ1) is 14.9. The molecule has 0 saturated carbocycles. The third kappa shape index (κ3) is 3.99. The topological polar surface area (TPSA) is 55.1 Å². The second kappa shape index (κ2) is 6.77. The molecular weight excluding hydrogens is 340 g/mol. The molecule has 3 nitrogen and oxygen atoms in total. The first-order chi connectivity index (χ1) is 9.56. The number of carbonyl (C=O) groups is 1. The molecule has 0 bridgehead atoms. The lowest BCUT2D eigenvalue weighted by Gasteiger charge is -2.07. The summed E-state index contributed by atoms with van der Waals surface area (Å²) in [4.78, 5) is 11.9. The van der Waals surface area contributed by atoms with Crippen LogP contribution in [-0.2, 0) is 11.2 Å². The Labute approximate surface area is 131 Å². The number of aryl methyl sites for hydroxylation is 1. The fourth-order valence-corrected chi connectivity index (χ4v) is 2.30. The number of carbonyl (C=O) groups excluding carboxylic acids is 1. The van der Waals surface area contributed by atoms with Gasteiger partial charge in [0.2, 0.25) is 5.91 Å². The highest BCUT2D eigenvalue weighted by molar-refractivity contribution is 9.10. The number of hydrogen-bond acceptors (Lipinski definition) is 2. The largest absolute Gasteiger partial charge is 0.399 e. The summed E-state index contributed by atoms with van der Waals surface area (Å²) >= 11 is 9.22. The molecule has 2 aromatic rings. The number of amides is 1. The van der Waals surface area contributed by atoms with Crippen molar-refractivity contribution >= 4 is 44.8 Å². The van der Waals surface area contributed by atoms with E-state index in [1.165, 1.54) is 0 Å². The lowest BCUT2D eigenvalue weighted by molar-refractivity contribution is -0.116. The summed E-state index contributed by atoms with van der Waals surface area (Å²) in [5.41, 5.74) is 8.26. The van der Waals surface area contributed by atoms with E-state index in [0.717, 1.165) is 15.7 Å². The molecule has 0 spiro atoms. The van der Waals surface area contributed by atoms with Crippen LogP contribution in [0.5, 0.6) is 0 Å². The Morgan fingerprint density at radius 2 is 2.00 bits per heavy atom. The van der Waals surface area contributed by atoms with Crippen molar-refractivity contribution in [1.82, 2.24) is 0 Å². The number of nitrogens with one attached hydrogen (secondary N) is 1. The molecule has 0 saturated heterocycles. The van der Waals surface area contributed by atoms with Gasteiger partial charge in [-0.1, -0.05) is 29.8 Å². The Morgan fingerprint density at radius 1 is 1.25 bits per heavy atom. The van der Waals surface area contributed by atoms with Gasteiger partial charge in [-0.05, 0) is 52.2 Å². The number of para-hydroxylation sites is 1. The lowest BCUT2D eigenvalue weighted by atomic mass is 10.1. The van der Waals surface area contributed by atoms with Crippen molar-refractivity contribution in [3.63, 3.8) is 0 Å². The van der Waals surface area contributed by atoms with Crippen LogP contribution in [0.1, 0.15) is 12.0 Å². The Hall–Kier alpha value is -1.52. The van der Waals surface area contributed by atoms with E-state index < -0.39 is 0 Å². The van der Waals surface area contributed by atoms with Crippen LogP contribution in [0.2, 0.25) is 5.02 Å². The van der Waals surface area contributed by atoms with Gasteiger partial charge < -0.3 is 11.1 Å². The summed E-state index contributed by atoms with van der Waals surface area (Å²) in [6, 6.07) is 12.8. The number of anilines is 2. The standard InChI is InChI=1S/C15H14BrClN2O/c16-12-9-11(6-7-13(12)17)19-15(20)8-5-10-3-1-2-4-14(10)18/h1-4,6-7,9H,5,8,18H2,(H,19,20). The highest BCUT2D eigenvalue weighted by atomic mass is 79.9. The molecule has 2 aromatic carbocycles. The molecule has 0 aliphatic rings. The quantitative estimate of drug-likeness (QED) is 0.807. The van der Waals surface area contributed by atoms with Gasteiger partial charge in [0.25, 0.3) is 0 Å². The van der Waals surface area contributed by atoms with E-state index in [4.69, 9.17) is 17.3 Å². The molecule has 0 atom stereocenters. The summed E-state index contributed by atoms with van der Waals surface area (Å²) in [6.07, 6.45) is 1.00. The molecule has 3 N–H and O–H groups in total. The molecule has 0 fully saturated rings. The summed E-state index contributed by atoms with van der Waals surface area (Å²) in [7, 11) is 0. The van der Waals surface area contributed by atoms with Crippen LogP contribution in [0.15, 0.2) is 46.9 Å². The van der Waals surface area contributed by atoms with Gasteiger partial charge in [-0.3, -0.25) is 4.79 Å². The number of nitrogen functional groups attached to an aromatic ring is 1. The summed E-state index contributed by atoms with van der Waals surface area (Å²) in [5.74, 6) is -0.0533. The number of halogens is 2. The zero-order chi connectivity index (χ0) is 14.5. The summed E-state index contributed by atoms with van der Waals surface area (Å²) in [5, 5.41) is 3.44. The minimum atomic E-state index is -0.0533. The van der Waals surface area contributed by atoms with Crippen molar-refractivity contribution < 1.29 is 4.79 Å². The fourth-order valence-electron chi connectivity index (χ4n) is 1.81. The monoisotopic (exact) mass is 352 g/mol. The first-order valence-corrected chi connectivity index (χ1v) is 7.31. The van der Waals surface area contributed by atoms with E-state index in [0.29, 0.717) is 23.6 Å². The zero-order valence-electron chi connectivity index (χ0n) is 10.7.